The summed E-state index contributed by atoms with van der Waals surface area (Å²) in [6.45, 7) is 2.67. The summed E-state index contributed by atoms with van der Waals surface area (Å²) < 4.78 is 40.1. The lowest BCUT2D eigenvalue weighted by atomic mass is 10.0. The Bertz CT molecular complexity index is 594. The van der Waals surface area contributed by atoms with E-state index < -0.39 is 6.36 Å². The Labute approximate surface area is 144 Å². The fourth-order valence-corrected chi connectivity index (χ4v) is 2.83. The van der Waals surface area contributed by atoms with Crippen molar-refractivity contribution in [1.29, 1.82) is 0 Å². The van der Waals surface area contributed by atoms with Crippen LogP contribution in [0.15, 0.2) is 24.3 Å². The summed E-state index contributed by atoms with van der Waals surface area (Å²) in [5, 5.41) is 2.85. The largest absolute Gasteiger partial charge is 0.573 e. The molecule has 0 unspecified atom stereocenters. The zero-order valence-corrected chi connectivity index (χ0v) is 13.9. The standard InChI is InChI=1S/C17H21F3N2O3/c1-12(23)21-14-8-10-22(11-9-14)16(24)7-4-13-2-5-15(6-3-13)25-17(18,19)20/h2-3,5-6,14H,4,7-11H2,1H3,(H,21,23). The maximum Gasteiger partial charge on any atom is 0.573 e. The number of carbonyl (C=O) groups is 2. The van der Waals surface area contributed by atoms with Crippen molar-refractivity contribution in [3.05, 3.63) is 29.8 Å². The Hall–Kier alpha value is -2.25. The molecule has 1 aromatic carbocycles. The van der Waals surface area contributed by atoms with Crippen LogP contribution in [0.4, 0.5) is 13.2 Å². The van der Waals surface area contributed by atoms with Crippen molar-refractivity contribution in [2.24, 2.45) is 0 Å². The van der Waals surface area contributed by atoms with Crippen LogP contribution in [0.2, 0.25) is 0 Å². The molecule has 2 rings (SSSR count). The molecule has 1 saturated heterocycles. The lowest BCUT2D eigenvalue weighted by molar-refractivity contribution is -0.274. The van der Waals surface area contributed by atoms with Gasteiger partial charge >= 0.3 is 6.36 Å². The van der Waals surface area contributed by atoms with Crippen LogP contribution in [0.1, 0.15) is 31.7 Å². The minimum absolute atomic E-state index is 0.0110. The monoisotopic (exact) mass is 358 g/mol. The van der Waals surface area contributed by atoms with Crippen LogP contribution < -0.4 is 10.1 Å². The molecule has 0 aliphatic carbocycles. The number of benzene rings is 1. The molecule has 0 radical (unpaired) electrons. The first-order valence-corrected chi connectivity index (χ1v) is 8.12. The van der Waals surface area contributed by atoms with Gasteiger partial charge in [0, 0.05) is 32.5 Å². The molecule has 0 aromatic heterocycles. The molecule has 0 atom stereocenters. The number of rotatable bonds is 5. The Balaban J connectivity index is 1.76. The maximum absolute atomic E-state index is 12.2. The van der Waals surface area contributed by atoms with E-state index in [2.05, 4.69) is 10.1 Å². The van der Waals surface area contributed by atoms with E-state index in [1.54, 1.807) is 4.90 Å². The molecule has 2 amide bonds. The van der Waals surface area contributed by atoms with E-state index in [-0.39, 0.29) is 23.6 Å². The molecule has 25 heavy (non-hydrogen) atoms. The normalized spacial score (nSPS) is 15.8. The molecule has 5 nitrogen and oxygen atoms in total. The molecule has 1 aliphatic heterocycles. The lowest BCUT2D eigenvalue weighted by Gasteiger charge is -2.32. The summed E-state index contributed by atoms with van der Waals surface area (Å²) in [6.07, 6.45) is -2.49. The highest BCUT2D eigenvalue weighted by Gasteiger charge is 2.31. The van der Waals surface area contributed by atoms with Crippen LogP contribution in [0, 0.1) is 0 Å². The van der Waals surface area contributed by atoms with Gasteiger partial charge in [-0.2, -0.15) is 0 Å². The van der Waals surface area contributed by atoms with Crippen molar-refractivity contribution >= 4 is 11.8 Å². The van der Waals surface area contributed by atoms with Gasteiger partial charge in [0.1, 0.15) is 5.75 Å². The van der Waals surface area contributed by atoms with E-state index in [0.29, 0.717) is 25.9 Å². The van der Waals surface area contributed by atoms with Gasteiger partial charge < -0.3 is 15.0 Å². The molecule has 1 fully saturated rings. The van der Waals surface area contributed by atoms with E-state index in [1.807, 2.05) is 0 Å². The number of aryl methyl sites for hydroxylation is 1. The van der Waals surface area contributed by atoms with E-state index in [0.717, 1.165) is 18.4 Å². The summed E-state index contributed by atoms with van der Waals surface area (Å²) in [4.78, 5) is 25.0. The van der Waals surface area contributed by atoms with Crippen LogP contribution in [0.25, 0.3) is 0 Å². The number of amides is 2. The van der Waals surface area contributed by atoms with Crippen LogP contribution in [0.3, 0.4) is 0 Å². The lowest BCUT2D eigenvalue weighted by Crippen LogP contribution is -2.46. The highest BCUT2D eigenvalue weighted by atomic mass is 19.4. The summed E-state index contributed by atoms with van der Waals surface area (Å²) in [5.41, 5.74) is 0.774. The number of halogens is 3. The smallest absolute Gasteiger partial charge is 0.406 e. The van der Waals surface area contributed by atoms with Crippen molar-refractivity contribution < 1.29 is 27.5 Å². The Kier molecular flexibility index (Phi) is 6.27. The molecule has 8 heteroatoms. The SMILES string of the molecule is CC(=O)NC1CCN(C(=O)CCc2ccc(OC(F)(F)F)cc2)CC1. The number of ether oxygens (including phenoxy) is 1. The molecule has 1 heterocycles. The highest BCUT2D eigenvalue weighted by molar-refractivity contribution is 5.76. The fraction of sp³-hybridized carbons (Fsp3) is 0.529. The first kappa shape index (κ1) is 19.1. The second-order valence-electron chi connectivity index (χ2n) is 6.05. The molecular formula is C17H21F3N2O3. The first-order valence-electron chi connectivity index (χ1n) is 8.12. The highest BCUT2D eigenvalue weighted by Crippen LogP contribution is 2.23. The quantitative estimate of drug-likeness (QED) is 0.880. The second-order valence-corrected chi connectivity index (χ2v) is 6.05. The third-order valence-electron chi connectivity index (χ3n) is 4.04. The van der Waals surface area contributed by atoms with Gasteiger partial charge in [0.25, 0.3) is 0 Å². The molecule has 0 saturated carbocycles. The van der Waals surface area contributed by atoms with Gasteiger partial charge in [-0.3, -0.25) is 9.59 Å². The average Bonchev–Trinajstić information content (AvgIpc) is 2.52. The van der Waals surface area contributed by atoms with Gasteiger partial charge in [0.05, 0.1) is 0 Å². The molecular weight excluding hydrogens is 337 g/mol. The Morgan fingerprint density at radius 3 is 2.32 bits per heavy atom. The Morgan fingerprint density at radius 2 is 1.80 bits per heavy atom. The van der Waals surface area contributed by atoms with Crippen LogP contribution in [0.5, 0.6) is 5.75 Å². The minimum Gasteiger partial charge on any atom is -0.406 e. The van der Waals surface area contributed by atoms with E-state index in [9.17, 15) is 22.8 Å². The summed E-state index contributed by atoms with van der Waals surface area (Å²) in [5.74, 6) is -0.331. The number of hydrogen-bond acceptors (Lipinski definition) is 3. The number of carbonyl (C=O) groups excluding carboxylic acids is 2. The van der Waals surface area contributed by atoms with Gasteiger partial charge in [-0.25, -0.2) is 0 Å². The third kappa shape index (κ3) is 6.64. The zero-order chi connectivity index (χ0) is 18.4. The predicted octanol–water partition coefficient (Wildman–Crippen LogP) is 2.64. The van der Waals surface area contributed by atoms with Crippen LogP contribution in [-0.2, 0) is 16.0 Å². The van der Waals surface area contributed by atoms with Gasteiger partial charge in [-0.15, -0.1) is 13.2 Å². The Morgan fingerprint density at radius 1 is 1.20 bits per heavy atom. The number of nitrogens with zero attached hydrogens (tertiary/aromatic N) is 1. The number of piperidine rings is 1. The third-order valence-corrected chi connectivity index (χ3v) is 4.04. The molecule has 1 aliphatic rings. The molecule has 138 valence electrons. The fourth-order valence-electron chi connectivity index (χ4n) is 2.83. The van der Waals surface area contributed by atoms with Crippen molar-refractivity contribution in [2.45, 2.75) is 45.0 Å². The van der Waals surface area contributed by atoms with Gasteiger partial charge in [-0.05, 0) is 37.0 Å². The van der Waals surface area contributed by atoms with Gasteiger partial charge in [0.2, 0.25) is 11.8 Å². The summed E-state index contributed by atoms with van der Waals surface area (Å²) in [7, 11) is 0. The molecule has 1 aromatic rings. The van der Waals surface area contributed by atoms with Crippen molar-refractivity contribution in [3.8, 4) is 5.75 Å². The van der Waals surface area contributed by atoms with Gasteiger partial charge in [0.15, 0.2) is 0 Å². The van der Waals surface area contributed by atoms with Crippen molar-refractivity contribution in [1.82, 2.24) is 10.2 Å². The van der Waals surface area contributed by atoms with E-state index >= 15 is 0 Å². The van der Waals surface area contributed by atoms with E-state index in [1.165, 1.54) is 31.2 Å². The van der Waals surface area contributed by atoms with Gasteiger partial charge in [-0.1, -0.05) is 12.1 Å². The predicted molar refractivity (Wildman–Crippen MR) is 84.9 cm³/mol. The van der Waals surface area contributed by atoms with Crippen LogP contribution in [-0.4, -0.2) is 42.2 Å². The number of likely N-dealkylation sites (tertiary alicyclic amines) is 1. The molecule has 0 bridgehead atoms. The summed E-state index contributed by atoms with van der Waals surface area (Å²) in [6, 6.07) is 5.65. The minimum atomic E-state index is -4.71. The summed E-state index contributed by atoms with van der Waals surface area (Å²) >= 11 is 0. The molecule has 1 N–H and O–H groups in total. The van der Waals surface area contributed by atoms with E-state index in [4.69, 9.17) is 0 Å². The topological polar surface area (TPSA) is 58.6 Å². The zero-order valence-electron chi connectivity index (χ0n) is 13.9. The van der Waals surface area contributed by atoms with Crippen LogP contribution >= 0.6 is 0 Å². The molecule has 0 spiro atoms. The average molecular weight is 358 g/mol. The number of alkyl halides is 3. The second kappa shape index (κ2) is 8.22. The van der Waals surface area contributed by atoms with Crippen molar-refractivity contribution in [3.63, 3.8) is 0 Å². The number of hydrogen-bond donors (Lipinski definition) is 1. The number of nitrogens with one attached hydrogen (secondary N) is 1. The maximum atomic E-state index is 12.2. The van der Waals surface area contributed by atoms with Crippen molar-refractivity contribution in [2.75, 3.05) is 13.1 Å². The first-order chi connectivity index (χ1) is 11.7.